The fourth-order valence-corrected chi connectivity index (χ4v) is 2.64. The Morgan fingerprint density at radius 2 is 1.92 bits per heavy atom. The summed E-state index contributed by atoms with van der Waals surface area (Å²) in [5.74, 6) is -0.330. The van der Waals surface area contributed by atoms with Crippen molar-refractivity contribution in [3.63, 3.8) is 0 Å². The molecule has 26 heavy (non-hydrogen) atoms. The third-order valence-electron chi connectivity index (χ3n) is 3.91. The zero-order valence-electron chi connectivity index (χ0n) is 15.8. The van der Waals surface area contributed by atoms with Crippen molar-refractivity contribution in [2.75, 3.05) is 6.54 Å². The molecule has 0 aliphatic carbocycles. The highest BCUT2D eigenvalue weighted by Crippen LogP contribution is 2.20. The molecule has 2 rings (SSSR count). The number of aliphatic hydroxyl groups excluding tert-OH is 1. The van der Waals surface area contributed by atoms with Crippen LogP contribution in [0.3, 0.4) is 0 Å². The number of aliphatic hydroxyl groups is 1. The second-order valence-corrected chi connectivity index (χ2v) is 7.27. The number of carbonyl (C=O) groups excluding carboxylic acids is 1. The number of aromatic amines is 1. The van der Waals surface area contributed by atoms with Gasteiger partial charge in [-0.05, 0) is 24.8 Å². The number of H-pyrrole nitrogens is 1. The zero-order valence-corrected chi connectivity index (χ0v) is 15.8. The molecule has 2 aromatic heterocycles. The van der Waals surface area contributed by atoms with E-state index in [1.165, 1.54) is 4.57 Å². The molecule has 0 bridgehead atoms. The number of fused-ring (bicyclic) bond motifs is 1. The number of nitrogens with zero attached hydrogens (tertiary/aromatic N) is 2. The summed E-state index contributed by atoms with van der Waals surface area (Å²) in [6.07, 6.45) is -0.714. The zero-order chi connectivity index (χ0) is 19.6. The summed E-state index contributed by atoms with van der Waals surface area (Å²) >= 11 is 0. The van der Waals surface area contributed by atoms with Gasteiger partial charge in [-0.15, -0.1) is 0 Å². The van der Waals surface area contributed by atoms with Crippen molar-refractivity contribution in [3.8, 4) is 0 Å². The first kappa shape index (κ1) is 19.8. The van der Waals surface area contributed by atoms with Crippen LogP contribution in [0, 0.1) is 5.92 Å². The van der Waals surface area contributed by atoms with Crippen molar-refractivity contribution in [1.29, 1.82) is 0 Å². The predicted octanol–water partition coefficient (Wildman–Crippen LogP) is 0.975. The van der Waals surface area contributed by atoms with Crippen LogP contribution in [0.4, 0.5) is 0 Å². The maximum Gasteiger partial charge on any atom is 0.330 e. The van der Waals surface area contributed by atoms with Gasteiger partial charge in [0.15, 0.2) is 5.65 Å². The molecule has 2 aromatic rings. The molecule has 8 heteroatoms. The van der Waals surface area contributed by atoms with Crippen molar-refractivity contribution in [2.45, 2.75) is 53.2 Å². The largest absolute Gasteiger partial charge is 0.392 e. The second-order valence-electron chi connectivity index (χ2n) is 7.27. The number of pyridine rings is 1. The summed E-state index contributed by atoms with van der Waals surface area (Å²) in [4.78, 5) is 44.1. The Bertz CT molecular complexity index is 925. The van der Waals surface area contributed by atoms with Crippen LogP contribution in [0.15, 0.2) is 15.7 Å². The van der Waals surface area contributed by atoms with E-state index in [1.54, 1.807) is 13.0 Å². The molecule has 0 fully saturated rings. The predicted molar refractivity (Wildman–Crippen MR) is 99.6 cm³/mol. The molecule has 2 heterocycles. The molecular formula is C18H26N4O4. The summed E-state index contributed by atoms with van der Waals surface area (Å²) < 4.78 is 1.40. The van der Waals surface area contributed by atoms with E-state index in [0.717, 1.165) is 0 Å². The minimum Gasteiger partial charge on any atom is -0.392 e. The average molecular weight is 362 g/mol. The van der Waals surface area contributed by atoms with Gasteiger partial charge in [-0.2, -0.15) is 0 Å². The SMILES string of the molecule is CC(C)Cn1c(=O)[nH]c(=O)c2c(C(=O)NCC(C)O)cc(C(C)C)nc21. The van der Waals surface area contributed by atoms with Gasteiger partial charge in [0.05, 0.1) is 17.1 Å². The lowest BCUT2D eigenvalue weighted by Crippen LogP contribution is -2.35. The molecule has 1 amide bonds. The monoisotopic (exact) mass is 362 g/mol. The highest BCUT2D eigenvalue weighted by Gasteiger charge is 2.20. The Hall–Kier alpha value is -2.48. The molecule has 1 atom stereocenters. The van der Waals surface area contributed by atoms with E-state index in [1.807, 2.05) is 27.7 Å². The van der Waals surface area contributed by atoms with E-state index in [0.29, 0.717) is 12.2 Å². The van der Waals surface area contributed by atoms with E-state index in [-0.39, 0.29) is 35.0 Å². The van der Waals surface area contributed by atoms with Gasteiger partial charge in [0.1, 0.15) is 0 Å². The van der Waals surface area contributed by atoms with E-state index in [2.05, 4.69) is 15.3 Å². The van der Waals surface area contributed by atoms with Crippen molar-refractivity contribution < 1.29 is 9.90 Å². The highest BCUT2D eigenvalue weighted by molar-refractivity contribution is 6.05. The number of hydrogen-bond acceptors (Lipinski definition) is 5. The number of aromatic nitrogens is 3. The Kier molecular flexibility index (Phi) is 5.97. The van der Waals surface area contributed by atoms with Crippen molar-refractivity contribution in [2.24, 2.45) is 5.92 Å². The number of hydrogen-bond donors (Lipinski definition) is 3. The van der Waals surface area contributed by atoms with E-state index >= 15 is 0 Å². The molecule has 0 aromatic carbocycles. The first-order chi connectivity index (χ1) is 12.1. The lowest BCUT2D eigenvalue weighted by atomic mass is 10.0. The van der Waals surface area contributed by atoms with Crippen LogP contribution in [-0.4, -0.2) is 38.2 Å². The standard InChI is InChI=1S/C18H26N4O4/c1-9(2)8-22-15-14(17(25)21-18(22)26)12(6-13(20-15)10(3)4)16(24)19-7-11(5)23/h6,9-11,23H,7-8H2,1-5H3,(H,19,24)(H,21,25,26). The second kappa shape index (κ2) is 7.82. The molecule has 142 valence electrons. The fourth-order valence-electron chi connectivity index (χ4n) is 2.64. The molecule has 0 radical (unpaired) electrons. The summed E-state index contributed by atoms with van der Waals surface area (Å²) in [7, 11) is 0. The quantitative estimate of drug-likeness (QED) is 0.708. The lowest BCUT2D eigenvalue weighted by Gasteiger charge is -2.16. The minimum absolute atomic E-state index is 0.00426. The van der Waals surface area contributed by atoms with Gasteiger partial charge in [0.2, 0.25) is 0 Å². The summed E-state index contributed by atoms with van der Waals surface area (Å²) in [6.45, 7) is 9.72. The first-order valence-electron chi connectivity index (χ1n) is 8.75. The lowest BCUT2D eigenvalue weighted by molar-refractivity contribution is 0.0925. The smallest absolute Gasteiger partial charge is 0.330 e. The Morgan fingerprint density at radius 3 is 2.46 bits per heavy atom. The van der Waals surface area contributed by atoms with E-state index in [9.17, 15) is 19.5 Å². The third-order valence-corrected chi connectivity index (χ3v) is 3.91. The molecule has 3 N–H and O–H groups in total. The molecule has 0 saturated heterocycles. The molecular weight excluding hydrogens is 336 g/mol. The maximum atomic E-state index is 12.6. The number of carbonyl (C=O) groups is 1. The molecule has 8 nitrogen and oxygen atoms in total. The molecule has 0 spiro atoms. The van der Waals surface area contributed by atoms with Crippen LogP contribution in [-0.2, 0) is 6.54 Å². The van der Waals surface area contributed by atoms with Gasteiger partial charge >= 0.3 is 5.69 Å². The molecule has 1 unspecified atom stereocenters. The summed E-state index contributed by atoms with van der Waals surface area (Å²) in [5, 5.41) is 12.1. The van der Waals surface area contributed by atoms with Gasteiger partial charge in [-0.3, -0.25) is 19.1 Å². The van der Waals surface area contributed by atoms with Gasteiger partial charge < -0.3 is 10.4 Å². The van der Waals surface area contributed by atoms with Crippen LogP contribution in [0.1, 0.15) is 56.6 Å². The average Bonchev–Trinajstić information content (AvgIpc) is 2.54. The van der Waals surface area contributed by atoms with Crippen LogP contribution < -0.4 is 16.6 Å². The maximum absolute atomic E-state index is 12.6. The Balaban J connectivity index is 2.80. The fraction of sp³-hybridized carbons (Fsp3) is 0.556. The summed E-state index contributed by atoms with van der Waals surface area (Å²) in [5.41, 5.74) is -0.212. The topological polar surface area (TPSA) is 117 Å². The van der Waals surface area contributed by atoms with Crippen molar-refractivity contribution in [3.05, 3.63) is 38.2 Å². The first-order valence-corrected chi connectivity index (χ1v) is 8.75. The van der Waals surface area contributed by atoms with Crippen LogP contribution in [0.5, 0.6) is 0 Å². The normalized spacial score (nSPS) is 12.8. The van der Waals surface area contributed by atoms with Crippen LogP contribution >= 0.6 is 0 Å². The minimum atomic E-state index is -0.714. The van der Waals surface area contributed by atoms with E-state index in [4.69, 9.17) is 0 Å². The Morgan fingerprint density at radius 1 is 1.27 bits per heavy atom. The number of rotatable bonds is 6. The van der Waals surface area contributed by atoms with Gasteiger partial charge in [-0.25, -0.2) is 9.78 Å². The Labute approximate surface area is 151 Å². The van der Waals surface area contributed by atoms with Crippen molar-refractivity contribution in [1.82, 2.24) is 19.9 Å². The van der Waals surface area contributed by atoms with Crippen LogP contribution in [0.2, 0.25) is 0 Å². The van der Waals surface area contributed by atoms with E-state index < -0.39 is 23.3 Å². The van der Waals surface area contributed by atoms with Gasteiger partial charge in [-0.1, -0.05) is 27.7 Å². The van der Waals surface area contributed by atoms with Crippen LogP contribution in [0.25, 0.3) is 11.0 Å². The molecule has 0 aliphatic rings. The van der Waals surface area contributed by atoms with Crippen molar-refractivity contribution >= 4 is 16.9 Å². The summed E-state index contributed by atoms with van der Waals surface area (Å²) in [6, 6.07) is 1.57. The molecule has 0 aliphatic heterocycles. The third kappa shape index (κ3) is 4.19. The molecule has 0 saturated carbocycles. The number of nitrogens with one attached hydrogen (secondary N) is 2. The highest BCUT2D eigenvalue weighted by atomic mass is 16.3. The van der Waals surface area contributed by atoms with Gasteiger partial charge in [0.25, 0.3) is 11.5 Å². The van der Waals surface area contributed by atoms with Gasteiger partial charge in [0, 0.05) is 18.8 Å². The number of amides is 1.